The Labute approximate surface area is 95.9 Å². The first-order valence-corrected chi connectivity index (χ1v) is 5.30. The summed E-state index contributed by atoms with van der Waals surface area (Å²) in [4.78, 5) is 13.2. The number of aliphatic hydroxyl groups excluding tert-OH is 1. The number of hydrogen-bond donors (Lipinski definition) is 2. The van der Waals surface area contributed by atoms with Crippen molar-refractivity contribution in [1.82, 2.24) is 4.90 Å². The number of aliphatic hydroxyl groups is 1. The minimum absolute atomic E-state index is 0.397. The van der Waals surface area contributed by atoms with Crippen molar-refractivity contribution in [2.24, 2.45) is 5.73 Å². The number of nitrogens with zero attached hydrogens (tertiary/aromatic N) is 1. The molecule has 0 aromatic carbocycles. The zero-order valence-electron chi connectivity index (χ0n) is 10.1. The first-order chi connectivity index (χ1) is 7.20. The van der Waals surface area contributed by atoms with Crippen LogP contribution in [-0.2, 0) is 4.74 Å². The fourth-order valence-corrected chi connectivity index (χ4v) is 1.65. The smallest absolute Gasteiger partial charge is 0.410 e. The van der Waals surface area contributed by atoms with Gasteiger partial charge in [-0.3, -0.25) is 4.90 Å². The van der Waals surface area contributed by atoms with Crippen molar-refractivity contribution >= 4 is 6.09 Å². The Kier molecular flexibility index (Phi) is 3.60. The van der Waals surface area contributed by atoms with Crippen LogP contribution in [0.2, 0.25) is 0 Å². The van der Waals surface area contributed by atoms with E-state index in [2.05, 4.69) is 6.58 Å². The second kappa shape index (κ2) is 4.43. The molecule has 0 radical (unpaired) electrons. The van der Waals surface area contributed by atoms with Crippen LogP contribution >= 0.6 is 0 Å². The van der Waals surface area contributed by atoms with Gasteiger partial charge in [-0.05, 0) is 27.2 Å². The van der Waals surface area contributed by atoms with Crippen LogP contribution in [0.1, 0.15) is 27.2 Å². The first-order valence-electron chi connectivity index (χ1n) is 5.30. The number of hydrogen-bond acceptors (Lipinski definition) is 4. The van der Waals surface area contributed by atoms with Gasteiger partial charge in [0.25, 0.3) is 0 Å². The SMILES string of the molecule is C=C1C[C@@H](C(N)O)N(C(=O)OC(C)(C)C)C1. The average Bonchev–Trinajstić information content (AvgIpc) is 2.44. The van der Waals surface area contributed by atoms with E-state index in [0.717, 1.165) is 5.57 Å². The van der Waals surface area contributed by atoms with Crippen LogP contribution < -0.4 is 5.73 Å². The van der Waals surface area contributed by atoms with Gasteiger partial charge in [0, 0.05) is 6.54 Å². The molecule has 0 aliphatic carbocycles. The summed E-state index contributed by atoms with van der Waals surface area (Å²) < 4.78 is 5.23. The van der Waals surface area contributed by atoms with Crippen molar-refractivity contribution in [3.8, 4) is 0 Å². The van der Waals surface area contributed by atoms with Gasteiger partial charge in [0.1, 0.15) is 11.8 Å². The summed E-state index contributed by atoms with van der Waals surface area (Å²) in [5.74, 6) is 0. The lowest BCUT2D eigenvalue weighted by Gasteiger charge is -2.29. The maximum Gasteiger partial charge on any atom is 0.410 e. The molecular formula is C11H20N2O3. The lowest BCUT2D eigenvalue weighted by Crippen LogP contribution is -2.48. The highest BCUT2D eigenvalue weighted by Crippen LogP contribution is 2.24. The molecule has 1 rings (SSSR count). The molecule has 1 heterocycles. The van der Waals surface area contributed by atoms with Gasteiger partial charge in [-0.15, -0.1) is 0 Å². The molecule has 1 amide bonds. The van der Waals surface area contributed by atoms with E-state index in [4.69, 9.17) is 10.5 Å². The van der Waals surface area contributed by atoms with Crippen LogP contribution in [0.15, 0.2) is 12.2 Å². The number of rotatable bonds is 1. The van der Waals surface area contributed by atoms with Crippen molar-refractivity contribution in [3.63, 3.8) is 0 Å². The summed E-state index contributed by atoms with van der Waals surface area (Å²) in [6.45, 7) is 9.58. The standard InChI is InChI=1S/C11H20N2O3/c1-7-5-8(9(12)14)13(6-7)10(15)16-11(2,3)4/h8-9,14H,1,5-6,12H2,2-4H3/t8-,9?/m0/s1. The molecule has 5 nitrogen and oxygen atoms in total. The summed E-state index contributed by atoms with van der Waals surface area (Å²) in [6.07, 6.45) is -0.996. The number of carbonyl (C=O) groups is 1. The van der Waals surface area contributed by atoms with Crippen molar-refractivity contribution < 1.29 is 14.6 Å². The summed E-state index contributed by atoms with van der Waals surface area (Å²) in [7, 11) is 0. The quantitative estimate of drug-likeness (QED) is 0.515. The molecule has 0 aromatic heterocycles. The number of ether oxygens (including phenoxy) is 1. The van der Waals surface area contributed by atoms with E-state index in [1.165, 1.54) is 4.90 Å². The Bertz CT molecular complexity index is 294. The molecule has 0 bridgehead atoms. The normalized spacial score (nSPS) is 23.4. The van der Waals surface area contributed by atoms with Gasteiger partial charge in [-0.1, -0.05) is 12.2 Å². The van der Waals surface area contributed by atoms with Gasteiger partial charge in [0.15, 0.2) is 0 Å². The zero-order valence-corrected chi connectivity index (χ0v) is 10.1. The minimum Gasteiger partial charge on any atom is -0.444 e. The molecule has 0 saturated carbocycles. The molecule has 92 valence electrons. The Hall–Kier alpha value is -1.07. The molecule has 2 atom stereocenters. The van der Waals surface area contributed by atoms with E-state index in [9.17, 15) is 9.90 Å². The number of likely N-dealkylation sites (tertiary alicyclic amines) is 1. The predicted molar refractivity (Wildman–Crippen MR) is 60.7 cm³/mol. The van der Waals surface area contributed by atoms with Crippen LogP contribution in [0.5, 0.6) is 0 Å². The molecular weight excluding hydrogens is 208 g/mol. The molecule has 0 spiro atoms. The number of carbonyl (C=O) groups excluding carboxylic acids is 1. The third-order valence-electron chi connectivity index (χ3n) is 2.31. The van der Waals surface area contributed by atoms with Crippen LogP contribution in [0, 0.1) is 0 Å². The van der Waals surface area contributed by atoms with Crippen LogP contribution in [0.3, 0.4) is 0 Å². The Morgan fingerprint density at radius 2 is 2.25 bits per heavy atom. The molecule has 1 fully saturated rings. The summed E-state index contributed by atoms with van der Waals surface area (Å²) in [5.41, 5.74) is 5.74. The molecule has 1 aliphatic heterocycles. The van der Waals surface area contributed by atoms with Crippen LogP contribution in [0.4, 0.5) is 4.79 Å². The molecule has 1 unspecified atom stereocenters. The van der Waals surface area contributed by atoms with E-state index in [0.29, 0.717) is 13.0 Å². The third-order valence-corrected chi connectivity index (χ3v) is 2.31. The monoisotopic (exact) mass is 228 g/mol. The van der Waals surface area contributed by atoms with E-state index in [-0.39, 0.29) is 0 Å². The van der Waals surface area contributed by atoms with Gasteiger partial charge in [-0.2, -0.15) is 0 Å². The Morgan fingerprint density at radius 1 is 1.69 bits per heavy atom. The van der Waals surface area contributed by atoms with E-state index in [1.807, 2.05) is 0 Å². The highest BCUT2D eigenvalue weighted by molar-refractivity contribution is 5.69. The number of amides is 1. The Balaban J connectivity index is 2.71. The fraction of sp³-hybridized carbons (Fsp3) is 0.727. The topological polar surface area (TPSA) is 75.8 Å². The highest BCUT2D eigenvalue weighted by Gasteiger charge is 2.36. The van der Waals surface area contributed by atoms with Gasteiger partial charge in [0.05, 0.1) is 6.04 Å². The van der Waals surface area contributed by atoms with Crippen molar-refractivity contribution in [1.29, 1.82) is 0 Å². The summed E-state index contributed by atoms with van der Waals surface area (Å²) in [6, 6.07) is -0.428. The van der Waals surface area contributed by atoms with Crippen molar-refractivity contribution in [2.45, 2.75) is 45.1 Å². The molecule has 5 heteroatoms. The number of nitrogens with two attached hydrogens (primary N) is 1. The van der Waals surface area contributed by atoms with Gasteiger partial charge in [0.2, 0.25) is 0 Å². The molecule has 1 saturated heterocycles. The molecule has 1 aliphatic rings. The molecule has 0 aromatic rings. The van der Waals surface area contributed by atoms with Crippen molar-refractivity contribution in [3.05, 3.63) is 12.2 Å². The largest absolute Gasteiger partial charge is 0.444 e. The average molecular weight is 228 g/mol. The van der Waals surface area contributed by atoms with Gasteiger partial charge in [-0.25, -0.2) is 4.79 Å². The van der Waals surface area contributed by atoms with Crippen molar-refractivity contribution in [2.75, 3.05) is 6.54 Å². The lowest BCUT2D eigenvalue weighted by atomic mass is 10.1. The first kappa shape index (κ1) is 13.0. The van der Waals surface area contributed by atoms with Crippen LogP contribution in [0.25, 0.3) is 0 Å². The summed E-state index contributed by atoms with van der Waals surface area (Å²) >= 11 is 0. The van der Waals surface area contributed by atoms with E-state index >= 15 is 0 Å². The van der Waals surface area contributed by atoms with Crippen LogP contribution in [-0.4, -0.2) is 40.5 Å². The summed E-state index contributed by atoms with van der Waals surface area (Å²) in [5, 5.41) is 9.37. The minimum atomic E-state index is -1.06. The molecule has 16 heavy (non-hydrogen) atoms. The maximum atomic E-state index is 11.8. The van der Waals surface area contributed by atoms with Gasteiger partial charge < -0.3 is 15.6 Å². The van der Waals surface area contributed by atoms with E-state index in [1.54, 1.807) is 20.8 Å². The second-order valence-electron chi connectivity index (χ2n) is 5.12. The Morgan fingerprint density at radius 3 is 2.69 bits per heavy atom. The molecule has 3 N–H and O–H groups in total. The second-order valence-corrected chi connectivity index (χ2v) is 5.12. The third kappa shape index (κ3) is 3.21. The highest BCUT2D eigenvalue weighted by atomic mass is 16.6. The zero-order chi connectivity index (χ0) is 12.5. The lowest BCUT2D eigenvalue weighted by molar-refractivity contribution is 0.00636. The van der Waals surface area contributed by atoms with Gasteiger partial charge >= 0.3 is 6.09 Å². The predicted octanol–water partition coefficient (Wildman–Crippen LogP) is 0.829. The maximum absolute atomic E-state index is 11.8. The fourth-order valence-electron chi connectivity index (χ4n) is 1.65. The van der Waals surface area contributed by atoms with E-state index < -0.39 is 24.0 Å².